The summed E-state index contributed by atoms with van der Waals surface area (Å²) >= 11 is 0. The second-order valence-corrected chi connectivity index (χ2v) is 6.33. The number of hydrogen-bond acceptors (Lipinski definition) is 5. The van der Waals surface area contributed by atoms with Gasteiger partial charge in [0.2, 0.25) is 5.91 Å². The van der Waals surface area contributed by atoms with Crippen molar-refractivity contribution in [1.82, 2.24) is 5.32 Å². The summed E-state index contributed by atoms with van der Waals surface area (Å²) in [5.74, 6) is -5.98. The third-order valence-electron chi connectivity index (χ3n) is 4.34. The van der Waals surface area contributed by atoms with E-state index in [1.165, 1.54) is 13.2 Å². The number of carbonyl (C=O) groups is 2. The van der Waals surface area contributed by atoms with Crippen LogP contribution in [0.3, 0.4) is 0 Å². The summed E-state index contributed by atoms with van der Waals surface area (Å²) in [5, 5.41) is 2.56. The second kappa shape index (κ2) is 8.27. The summed E-state index contributed by atoms with van der Waals surface area (Å²) in [6.07, 6.45) is -0.264. The maximum Gasteiger partial charge on any atom is 0.336 e. The highest BCUT2D eigenvalue weighted by Crippen LogP contribution is 2.23. The van der Waals surface area contributed by atoms with Crippen molar-refractivity contribution in [2.24, 2.45) is 5.73 Å². The van der Waals surface area contributed by atoms with Gasteiger partial charge in [0.1, 0.15) is 40.4 Å². The van der Waals surface area contributed by atoms with Crippen LogP contribution in [0.5, 0.6) is 5.75 Å². The minimum absolute atomic E-state index is 0.169. The van der Waals surface area contributed by atoms with E-state index >= 15 is 0 Å². The van der Waals surface area contributed by atoms with Crippen molar-refractivity contribution in [2.45, 2.75) is 12.5 Å². The lowest BCUT2D eigenvalue weighted by Gasteiger charge is -2.17. The molecule has 0 spiro atoms. The first kappa shape index (κ1) is 20.9. The molecule has 3 aromatic rings. The molecule has 0 fully saturated rings. The van der Waals surface area contributed by atoms with Crippen molar-refractivity contribution in [3.05, 3.63) is 75.4 Å². The summed E-state index contributed by atoms with van der Waals surface area (Å²) < 4.78 is 50.9. The van der Waals surface area contributed by atoms with Gasteiger partial charge in [-0.15, -0.1) is 0 Å². The third-order valence-corrected chi connectivity index (χ3v) is 4.34. The largest absolute Gasteiger partial charge is 0.497 e. The van der Waals surface area contributed by atoms with Crippen LogP contribution in [0, 0.1) is 17.5 Å². The molecule has 1 aromatic heterocycles. The lowest BCUT2D eigenvalue weighted by Crippen LogP contribution is -2.46. The molecule has 30 heavy (non-hydrogen) atoms. The standard InChI is InChI=1S/C20H15F3N2O5/c1-29-11-2-3-12-9(5-17(26)30-16(12)8-11)4-15(19(24)27)25-20(28)18-13(22)6-10(21)7-14(18)23/h2-3,5-8,15H,4H2,1H3,(H2,24,27)(H,25,28)/t15-/m0/s1. The van der Waals surface area contributed by atoms with Crippen LogP contribution in [0.15, 0.2) is 45.6 Å². The number of nitrogens with two attached hydrogens (primary N) is 1. The van der Waals surface area contributed by atoms with Gasteiger partial charge in [-0.25, -0.2) is 18.0 Å². The minimum atomic E-state index is -1.44. The molecule has 3 N–H and O–H groups in total. The van der Waals surface area contributed by atoms with Crippen molar-refractivity contribution in [2.75, 3.05) is 7.11 Å². The highest BCUT2D eigenvalue weighted by atomic mass is 19.1. The molecule has 10 heteroatoms. The molecule has 1 atom stereocenters. The number of methoxy groups -OCH3 is 1. The van der Waals surface area contributed by atoms with Crippen LogP contribution < -0.4 is 21.4 Å². The highest BCUT2D eigenvalue weighted by molar-refractivity contribution is 5.98. The van der Waals surface area contributed by atoms with E-state index in [4.69, 9.17) is 14.9 Å². The Balaban J connectivity index is 1.95. The van der Waals surface area contributed by atoms with Gasteiger partial charge in [-0.2, -0.15) is 0 Å². The molecule has 2 aromatic carbocycles. The Hall–Kier alpha value is -3.82. The SMILES string of the molecule is COc1ccc2c(C[C@H](NC(=O)c3c(F)cc(F)cc3F)C(N)=O)cc(=O)oc2c1. The van der Waals surface area contributed by atoms with E-state index in [2.05, 4.69) is 5.32 Å². The first-order valence-electron chi connectivity index (χ1n) is 8.55. The number of nitrogens with one attached hydrogen (secondary N) is 1. The number of halogens is 3. The Bertz CT molecular complexity index is 1190. The minimum Gasteiger partial charge on any atom is -0.497 e. The number of ether oxygens (including phenoxy) is 1. The van der Waals surface area contributed by atoms with Gasteiger partial charge in [-0.3, -0.25) is 9.59 Å². The van der Waals surface area contributed by atoms with Crippen LogP contribution in [0.25, 0.3) is 11.0 Å². The summed E-state index contributed by atoms with van der Waals surface area (Å²) in [5.41, 5.74) is 3.99. The zero-order valence-electron chi connectivity index (χ0n) is 15.5. The Morgan fingerprint density at radius 2 is 1.80 bits per heavy atom. The van der Waals surface area contributed by atoms with E-state index in [-0.39, 0.29) is 12.0 Å². The van der Waals surface area contributed by atoms with Gasteiger partial charge < -0.3 is 20.2 Å². The molecule has 2 amide bonds. The predicted molar refractivity (Wildman–Crippen MR) is 99.5 cm³/mol. The van der Waals surface area contributed by atoms with Gasteiger partial charge in [0.05, 0.1) is 7.11 Å². The molecule has 0 saturated carbocycles. The Morgan fingerprint density at radius 1 is 1.13 bits per heavy atom. The van der Waals surface area contributed by atoms with Crippen LogP contribution in [0.4, 0.5) is 13.2 Å². The molecule has 0 unspecified atom stereocenters. The Kier molecular flexibility index (Phi) is 5.77. The van der Waals surface area contributed by atoms with Crippen LogP contribution in [0.2, 0.25) is 0 Å². The number of rotatable bonds is 6. The van der Waals surface area contributed by atoms with Gasteiger partial charge in [-0.1, -0.05) is 0 Å². The van der Waals surface area contributed by atoms with Crippen LogP contribution >= 0.6 is 0 Å². The van der Waals surface area contributed by atoms with Crippen molar-refractivity contribution >= 4 is 22.8 Å². The fourth-order valence-corrected chi connectivity index (χ4v) is 2.94. The van der Waals surface area contributed by atoms with Gasteiger partial charge in [0, 0.05) is 36.1 Å². The normalized spacial score (nSPS) is 11.9. The van der Waals surface area contributed by atoms with Gasteiger partial charge in [-0.05, 0) is 17.7 Å². The average molecular weight is 420 g/mol. The number of fused-ring (bicyclic) bond motifs is 1. The zero-order chi connectivity index (χ0) is 22.0. The van der Waals surface area contributed by atoms with E-state index in [0.717, 1.165) is 6.07 Å². The molecule has 0 radical (unpaired) electrons. The van der Waals surface area contributed by atoms with E-state index < -0.39 is 46.5 Å². The lowest BCUT2D eigenvalue weighted by atomic mass is 10.0. The van der Waals surface area contributed by atoms with E-state index in [9.17, 15) is 27.6 Å². The molecule has 0 aliphatic rings. The van der Waals surface area contributed by atoms with Crippen molar-refractivity contribution in [1.29, 1.82) is 0 Å². The molecular formula is C20H15F3N2O5. The number of hydrogen-bond donors (Lipinski definition) is 2. The molecule has 156 valence electrons. The number of amides is 2. The van der Waals surface area contributed by atoms with E-state index in [0.29, 0.717) is 28.8 Å². The molecule has 1 heterocycles. The summed E-state index contributed by atoms with van der Waals surface area (Å²) in [7, 11) is 1.43. The topological polar surface area (TPSA) is 112 Å². The summed E-state index contributed by atoms with van der Waals surface area (Å²) in [6.45, 7) is 0. The van der Waals surface area contributed by atoms with Gasteiger partial charge >= 0.3 is 5.63 Å². The molecule has 7 nitrogen and oxygen atoms in total. The highest BCUT2D eigenvalue weighted by Gasteiger charge is 2.25. The zero-order valence-corrected chi connectivity index (χ0v) is 15.5. The summed E-state index contributed by atoms with van der Waals surface area (Å²) in [4.78, 5) is 36.0. The first-order chi connectivity index (χ1) is 14.2. The quantitative estimate of drug-likeness (QED) is 0.593. The van der Waals surface area contributed by atoms with E-state index in [1.54, 1.807) is 12.1 Å². The maximum absolute atomic E-state index is 13.9. The van der Waals surface area contributed by atoms with Crippen molar-refractivity contribution in [3.8, 4) is 5.75 Å². The maximum atomic E-state index is 13.9. The van der Waals surface area contributed by atoms with Gasteiger partial charge in [0.15, 0.2) is 0 Å². The smallest absolute Gasteiger partial charge is 0.336 e. The van der Waals surface area contributed by atoms with Crippen molar-refractivity contribution in [3.63, 3.8) is 0 Å². The van der Waals surface area contributed by atoms with Crippen molar-refractivity contribution < 1.29 is 31.9 Å². The Morgan fingerprint density at radius 3 is 2.40 bits per heavy atom. The second-order valence-electron chi connectivity index (χ2n) is 6.33. The third kappa shape index (κ3) is 4.27. The molecule has 0 aliphatic heterocycles. The number of benzene rings is 2. The molecular weight excluding hydrogens is 405 g/mol. The molecule has 3 rings (SSSR count). The molecule has 0 aliphatic carbocycles. The van der Waals surface area contributed by atoms with Crippen LogP contribution in [-0.4, -0.2) is 25.0 Å². The monoisotopic (exact) mass is 420 g/mol. The fraction of sp³-hybridized carbons (Fsp3) is 0.150. The van der Waals surface area contributed by atoms with Gasteiger partial charge in [0.25, 0.3) is 5.91 Å². The van der Waals surface area contributed by atoms with E-state index in [1.807, 2.05) is 0 Å². The lowest BCUT2D eigenvalue weighted by molar-refractivity contribution is -0.119. The first-order valence-corrected chi connectivity index (χ1v) is 8.55. The number of primary amides is 1. The molecule has 0 saturated heterocycles. The summed E-state index contributed by atoms with van der Waals surface area (Å²) in [6, 6.07) is 4.98. The fourth-order valence-electron chi connectivity index (χ4n) is 2.94. The molecule has 0 bridgehead atoms. The van der Waals surface area contributed by atoms with Crippen LogP contribution in [-0.2, 0) is 11.2 Å². The van der Waals surface area contributed by atoms with Crippen LogP contribution in [0.1, 0.15) is 15.9 Å². The number of carbonyl (C=O) groups excluding carboxylic acids is 2. The predicted octanol–water partition coefficient (Wildman–Crippen LogP) is 2.05. The average Bonchev–Trinajstić information content (AvgIpc) is 2.65. The Labute approximate surface area is 167 Å².